The van der Waals surface area contributed by atoms with E-state index < -0.39 is 12.8 Å². The molecule has 0 saturated carbocycles. The zero-order valence-electron chi connectivity index (χ0n) is 10.1. The van der Waals surface area contributed by atoms with Gasteiger partial charge in [-0.3, -0.25) is 16.0 Å². The summed E-state index contributed by atoms with van der Waals surface area (Å²) in [4.78, 5) is 0. The number of nitrogens with one attached hydrogen (secondary N) is 1. The third-order valence-electron chi connectivity index (χ3n) is 2.34. The van der Waals surface area contributed by atoms with Gasteiger partial charge in [-0.05, 0) is 12.5 Å². The van der Waals surface area contributed by atoms with Crippen LogP contribution in [-0.4, -0.2) is 35.2 Å². The molecule has 1 aromatic rings. The second kappa shape index (κ2) is 6.72. The highest BCUT2D eigenvalue weighted by Crippen LogP contribution is 2.14. The van der Waals surface area contributed by atoms with Gasteiger partial charge in [0.25, 0.3) is 0 Å². The Labute approximate surface area is 103 Å². The van der Waals surface area contributed by atoms with Crippen molar-refractivity contribution in [3.63, 3.8) is 0 Å². The van der Waals surface area contributed by atoms with E-state index in [0.29, 0.717) is 12.8 Å². The summed E-state index contributed by atoms with van der Waals surface area (Å²) in [5.74, 6) is 5.33. The first-order valence-electron chi connectivity index (χ1n) is 5.50. The SMILES string of the molecule is Cn1ccc(CC(CCOCC(F)(F)F)NN)n1. The van der Waals surface area contributed by atoms with Crippen molar-refractivity contribution >= 4 is 0 Å². The number of aryl methyl sites for hydroxylation is 1. The molecule has 0 aromatic carbocycles. The van der Waals surface area contributed by atoms with Crippen molar-refractivity contribution in [3.05, 3.63) is 18.0 Å². The molecule has 0 radical (unpaired) electrons. The Kier molecular flexibility index (Phi) is 5.57. The van der Waals surface area contributed by atoms with Crippen molar-refractivity contribution in [1.82, 2.24) is 15.2 Å². The van der Waals surface area contributed by atoms with Crippen LogP contribution < -0.4 is 11.3 Å². The van der Waals surface area contributed by atoms with E-state index >= 15 is 0 Å². The van der Waals surface area contributed by atoms with E-state index in [4.69, 9.17) is 5.84 Å². The van der Waals surface area contributed by atoms with Gasteiger partial charge in [0.15, 0.2) is 0 Å². The fraction of sp³-hybridized carbons (Fsp3) is 0.700. The number of hydrogen-bond acceptors (Lipinski definition) is 4. The summed E-state index contributed by atoms with van der Waals surface area (Å²) in [6.45, 7) is -1.23. The molecule has 0 aliphatic rings. The average Bonchev–Trinajstić information content (AvgIpc) is 2.67. The number of rotatable bonds is 7. The maximum Gasteiger partial charge on any atom is 0.411 e. The number of halogens is 3. The molecule has 0 fully saturated rings. The zero-order chi connectivity index (χ0) is 13.6. The molecule has 0 amide bonds. The van der Waals surface area contributed by atoms with Gasteiger partial charge in [0, 0.05) is 32.3 Å². The predicted octanol–water partition coefficient (Wildman–Crippen LogP) is 0.763. The van der Waals surface area contributed by atoms with Crippen LogP contribution in [-0.2, 0) is 18.2 Å². The summed E-state index contributed by atoms with van der Waals surface area (Å²) >= 11 is 0. The first-order chi connectivity index (χ1) is 8.40. The van der Waals surface area contributed by atoms with E-state index in [2.05, 4.69) is 15.3 Å². The van der Waals surface area contributed by atoms with Crippen LogP contribution in [0.1, 0.15) is 12.1 Å². The largest absolute Gasteiger partial charge is 0.411 e. The molecular weight excluding hydrogens is 249 g/mol. The van der Waals surface area contributed by atoms with Gasteiger partial charge in [-0.25, -0.2) is 0 Å². The first-order valence-corrected chi connectivity index (χ1v) is 5.50. The molecule has 3 N–H and O–H groups in total. The van der Waals surface area contributed by atoms with Crippen LogP contribution in [0.4, 0.5) is 13.2 Å². The van der Waals surface area contributed by atoms with E-state index in [1.165, 1.54) is 0 Å². The topological polar surface area (TPSA) is 65.1 Å². The lowest BCUT2D eigenvalue weighted by molar-refractivity contribution is -0.174. The second-order valence-electron chi connectivity index (χ2n) is 4.00. The minimum Gasteiger partial charge on any atom is -0.372 e. The maximum atomic E-state index is 11.8. The Hall–Kier alpha value is -1.12. The lowest BCUT2D eigenvalue weighted by Crippen LogP contribution is -2.38. The molecule has 1 atom stereocenters. The molecular formula is C10H17F3N4O. The molecule has 0 spiro atoms. The van der Waals surface area contributed by atoms with Crippen LogP contribution in [0.3, 0.4) is 0 Å². The second-order valence-corrected chi connectivity index (χ2v) is 4.00. The predicted molar refractivity (Wildman–Crippen MR) is 59.5 cm³/mol. The Morgan fingerprint density at radius 2 is 2.28 bits per heavy atom. The standard InChI is InChI=1S/C10H17F3N4O/c1-17-4-2-9(16-17)6-8(15-14)3-5-18-7-10(11,12)13/h2,4,8,15H,3,5-7,14H2,1H3. The summed E-state index contributed by atoms with van der Waals surface area (Å²) in [6, 6.07) is 1.68. The monoisotopic (exact) mass is 266 g/mol. The number of alkyl halides is 3. The van der Waals surface area contributed by atoms with Gasteiger partial charge in [-0.2, -0.15) is 18.3 Å². The van der Waals surface area contributed by atoms with Gasteiger partial charge in [0.05, 0.1) is 5.69 Å². The molecule has 104 valence electrons. The van der Waals surface area contributed by atoms with E-state index in [0.717, 1.165) is 5.69 Å². The molecule has 1 heterocycles. The van der Waals surface area contributed by atoms with E-state index in [1.807, 2.05) is 6.07 Å². The minimum absolute atomic E-state index is 0.00120. The van der Waals surface area contributed by atoms with Crippen LogP contribution >= 0.6 is 0 Å². The Balaban J connectivity index is 2.25. The molecule has 8 heteroatoms. The van der Waals surface area contributed by atoms with Gasteiger partial charge in [-0.15, -0.1) is 0 Å². The highest BCUT2D eigenvalue weighted by atomic mass is 19.4. The number of nitrogens with two attached hydrogens (primary N) is 1. The molecule has 0 bridgehead atoms. The first kappa shape index (κ1) is 14.9. The number of nitrogens with zero attached hydrogens (tertiary/aromatic N) is 2. The molecule has 1 aromatic heterocycles. The summed E-state index contributed by atoms with van der Waals surface area (Å²) < 4.78 is 41.7. The number of hydrogen-bond donors (Lipinski definition) is 2. The van der Waals surface area contributed by atoms with Crippen LogP contribution in [0.2, 0.25) is 0 Å². The van der Waals surface area contributed by atoms with Crippen LogP contribution in [0.15, 0.2) is 12.3 Å². The van der Waals surface area contributed by atoms with E-state index in [9.17, 15) is 13.2 Å². The lowest BCUT2D eigenvalue weighted by atomic mass is 10.1. The lowest BCUT2D eigenvalue weighted by Gasteiger charge is -2.15. The van der Waals surface area contributed by atoms with Crippen LogP contribution in [0, 0.1) is 0 Å². The third-order valence-corrected chi connectivity index (χ3v) is 2.34. The quantitative estimate of drug-likeness (QED) is 0.434. The smallest absolute Gasteiger partial charge is 0.372 e. The van der Waals surface area contributed by atoms with Gasteiger partial charge in [0.2, 0.25) is 0 Å². The fourth-order valence-corrected chi connectivity index (χ4v) is 1.48. The Bertz CT molecular complexity index is 353. The molecule has 5 nitrogen and oxygen atoms in total. The van der Waals surface area contributed by atoms with Crippen molar-refractivity contribution in [1.29, 1.82) is 0 Å². The van der Waals surface area contributed by atoms with E-state index in [-0.39, 0.29) is 12.6 Å². The van der Waals surface area contributed by atoms with E-state index in [1.54, 1.807) is 17.9 Å². The highest BCUT2D eigenvalue weighted by molar-refractivity contribution is 5.01. The van der Waals surface area contributed by atoms with Gasteiger partial charge in [-0.1, -0.05) is 0 Å². The highest BCUT2D eigenvalue weighted by Gasteiger charge is 2.27. The van der Waals surface area contributed by atoms with Crippen molar-refractivity contribution in [2.45, 2.75) is 25.1 Å². The molecule has 18 heavy (non-hydrogen) atoms. The van der Waals surface area contributed by atoms with Crippen molar-refractivity contribution in [3.8, 4) is 0 Å². The minimum atomic E-state index is -4.29. The molecule has 0 saturated heterocycles. The summed E-state index contributed by atoms with van der Waals surface area (Å²) in [5, 5.41) is 4.17. The molecule has 1 rings (SSSR count). The van der Waals surface area contributed by atoms with Crippen molar-refractivity contribution < 1.29 is 17.9 Å². The average molecular weight is 266 g/mol. The van der Waals surface area contributed by atoms with Gasteiger partial charge < -0.3 is 4.74 Å². The van der Waals surface area contributed by atoms with Gasteiger partial charge in [0.1, 0.15) is 6.61 Å². The zero-order valence-corrected chi connectivity index (χ0v) is 10.1. The summed E-state index contributed by atoms with van der Waals surface area (Å²) in [6.07, 6.45) is -1.55. The molecule has 0 aliphatic carbocycles. The normalized spacial score (nSPS) is 13.8. The van der Waals surface area contributed by atoms with Crippen LogP contribution in [0.5, 0.6) is 0 Å². The summed E-state index contributed by atoms with van der Waals surface area (Å²) in [7, 11) is 1.79. The maximum absolute atomic E-state index is 11.8. The number of hydrazine groups is 1. The Morgan fingerprint density at radius 1 is 1.56 bits per heavy atom. The third kappa shape index (κ3) is 5.99. The molecule has 0 aliphatic heterocycles. The molecule has 1 unspecified atom stereocenters. The van der Waals surface area contributed by atoms with Crippen molar-refractivity contribution in [2.24, 2.45) is 12.9 Å². The fourth-order valence-electron chi connectivity index (χ4n) is 1.48. The summed E-state index contributed by atoms with van der Waals surface area (Å²) in [5.41, 5.74) is 3.38. The number of ether oxygens (including phenoxy) is 1. The van der Waals surface area contributed by atoms with Crippen LogP contribution in [0.25, 0.3) is 0 Å². The van der Waals surface area contributed by atoms with Crippen molar-refractivity contribution in [2.75, 3.05) is 13.2 Å². The van der Waals surface area contributed by atoms with Gasteiger partial charge >= 0.3 is 6.18 Å². The Morgan fingerprint density at radius 3 is 2.78 bits per heavy atom. The number of aromatic nitrogens is 2.